The first-order valence-electron chi connectivity index (χ1n) is 8.92. The minimum absolute atomic E-state index is 0. The Morgan fingerprint density at radius 1 is 0.966 bits per heavy atom. The number of ether oxygens (including phenoxy) is 1. The first-order chi connectivity index (χ1) is 13.6. The zero-order valence-corrected chi connectivity index (χ0v) is 17.3. The van der Waals surface area contributed by atoms with E-state index in [4.69, 9.17) is 16.3 Å². The van der Waals surface area contributed by atoms with E-state index in [2.05, 4.69) is 4.98 Å². The molecule has 0 saturated carbocycles. The number of rotatable bonds is 3. The second-order valence-corrected chi connectivity index (χ2v) is 6.96. The number of halogens is 2. The zero-order chi connectivity index (χ0) is 19.7. The number of nitrogens with zero attached hydrogens (tertiary/aromatic N) is 4. The lowest BCUT2D eigenvalue weighted by atomic mass is 10.1. The highest BCUT2D eigenvalue weighted by molar-refractivity contribution is 6.30. The molecule has 2 aromatic heterocycles. The van der Waals surface area contributed by atoms with Gasteiger partial charge in [-0.25, -0.2) is 4.98 Å². The van der Waals surface area contributed by atoms with Crippen molar-refractivity contribution in [2.45, 2.75) is 0 Å². The van der Waals surface area contributed by atoms with Crippen molar-refractivity contribution in [2.24, 2.45) is 0 Å². The summed E-state index contributed by atoms with van der Waals surface area (Å²) in [5.41, 5.74) is 1.56. The molecule has 0 radical (unpaired) electrons. The predicted octanol–water partition coefficient (Wildman–Crippen LogP) is 3.02. The van der Waals surface area contributed by atoms with Crippen LogP contribution in [0.4, 0.5) is 0 Å². The van der Waals surface area contributed by atoms with E-state index in [0.29, 0.717) is 53.9 Å². The van der Waals surface area contributed by atoms with Gasteiger partial charge in [-0.15, -0.1) is 12.4 Å². The van der Waals surface area contributed by atoms with Crippen LogP contribution < -0.4 is 4.74 Å². The fraction of sp³-hybridized carbons (Fsp3) is 0.250. The summed E-state index contributed by atoms with van der Waals surface area (Å²) in [6.45, 7) is 1.83. The van der Waals surface area contributed by atoms with Crippen molar-refractivity contribution in [1.29, 1.82) is 0 Å². The Balaban J connectivity index is 0.00000240. The molecular weight excluding hydrogens is 415 g/mol. The molecule has 3 aromatic rings. The molecule has 9 heteroatoms. The molecule has 0 atom stereocenters. The molecular formula is C20H20Cl2N4O3. The van der Waals surface area contributed by atoms with Gasteiger partial charge in [-0.05, 0) is 24.3 Å². The standard InChI is InChI=1S/C20H19ClN4O3.ClH/c1-28-17-5-3-2-4-15(17)19(26)23-8-10-24(11-9-23)20(27)16-13-25-12-14(21)6-7-18(25)22-16;/h2-7,12-13H,8-11H2,1H3;1H. The average molecular weight is 435 g/mol. The Morgan fingerprint density at radius 3 is 2.31 bits per heavy atom. The maximum Gasteiger partial charge on any atom is 0.274 e. The molecule has 0 unspecified atom stereocenters. The van der Waals surface area contributed by atoms with Gasteiger partial charge >= 0.3 is 0 Å². The third kappa shape index (κ3) is 4.16. The number of pyridine rings is 1. The number of hydrogen-bond donors (Lipinski definition) is 0. The number of imidazole rings is 1. The molecule has 1 aliphatic heterocycles. The van der Waals surface area contributed by atoms with Crippen LogP contribution >= 0.6 is 24.0 Å². The van der Waals surface area contributed by atoms with Gasteiger partial charge in [0.25, 0.3) is 11.8 Å². The molecule has 0 N–H and O–H groups in total. The van der Waals surface area contributed by atoms with Gasteiger partial charge in [-0.3, -0.25) is 9.59 Å². The van der Waals surface area contributed by atoms with E-state index in [1.165, 1.54) is 0 Å². The van der Waals surface area contributed by atoms with Crippen LogP contribution in [0, 0.1) is 0 Å². The van der Waals surface area contributed by atoms with Crippen molar-refractivity contribution < 1.29 is 14.3 Å². The second kappa shape index (κ2) is 8.71. The maximum absolute atomic E-state index is 12.8. The zero-order valence-electron chi connectivity index (χ0n) is 15.7. The quantitative estimate of drug-likeness (QED) is 0.635. The van der Waals surface area contributed by atoms with Gasteiger partial charge in [-0.2, -0.15) is 0 Å². The van der Waals surface area contributed by atoms with Crippen LogP contribution in [-0.2, 0) is 0 Å². The Morgan fingerprint density at radius 2 is 1.62 bits per heavy atom. The van der Waals surface area contributed by atoms with Gasteiger partial charge in [0.15, 0.2) is 0 Å². The van der Waals surface area contributed by atoms with Gasteiger partial charge < -0.3 is 18.9 Å². The summed E-state index contributed by atoms with van der Waals surface area (Å²) in [6, 6.07) is 10.7. The Hall–Kier alpha value is -2.77. The van der Waals surface area contributed by atoms with E-state index in [1.54, 1.807) is 58.0 Å². The largest absolute Gasteiger partial charge is 0.496 e. The predicted molar refractivity (Wildman–Crippen MR) is 112 cm³/mol. The molecule has 3 heterocycles. The van der Waals surface area contributed by atoms with Crippen molar-refractivity contribution in [1.82, 2.24) is 19.2 Å². The normalized spacial score (nSPS) is 13.9. The topological polar surface area (TPSA) is 67.2 Å². The third-order valence-corrected chi connectivity index (χ3v) is 5.05. The molecule has 1 saturated heterocycles. The van der Waals surface area contributed by atoms with Crippen LogP contribution in [0.5, 0.6) is 5.75 Å². The first kappa shape index (κ1) is 21.0. The number of fused-ring (bicyclic) bond motifs is 1. The van der Waals surface area contributed by atoms with E-state index < -0.39 is 0 Å². The van der Waals surface area contributed by atoms with Gasteiger partial charge in [0.05, 0.1) is 17.7 Å². The Labute approximate surface area is 179 Å². The molecule has 152 valence electrons. The number of hydrogen-bond acceptors (Lipinski definition) is 4. The van der Waals surface area contributed by atoms with E-state index in [1.807, 2.05) is 12.1 Å². The molecule has 2 amide bonds. The number of amides is 2. The Kier molecular flexibility index (Phi) is 6.30. The van der Waals surface area contributed by atoms with Crippen molar-refractivity contribution in [3.8, 4) is 5.75 Å². The van der Waals surface area contributed by atoms with Crippen LogP contribution in [-0.4, -0.2) is 64.3 Å². The monoisotopic (exact) mass is 434 g/mol. The van der Waals surface area contributed by atoms with Crippen LogP contribution in [0.3, 0.4) is 0 Å². The number of methoxy groups -OCH3 is 1. The third-order valence-electron chi connectivity index (χ3n) is 4.83. The number of carbonyl (C=O) groups is 2. The molecule has 0 aliphatic carbocycles. The molecule has 1 fully saturated rings. The van der Waals surface area contributed by atoms with E-state index in [-0.39, 0.29) is 24.2 Å². The lowest BCUT2D eigenvalue weighted by Crippen LogP contribution is -2.50. The highest BCUT2D eigenvalue weighted by Gasteiger charge is 2.27. The first-order valence-corrected chi connectivity index (χ1v) is 9.30. The van der Waals surface area contributed by atoms with Crippen LogP contribution in [0.1, 0.15) is 20.8 Å². The van der Waals surface area contributed by atoms with Gasteiger partial charge in [0, 0.05) is 38.6 Å². The maximum atomic E-state index is 12.8. The number of carbonyl (C=O) groups excluding carboxylic acids is 2. The van der Waals surface area contributed by atoms with E-state index in [9.17, 15) is 9.59 Å². The lowest BCUT2D eigenvalue weighted by Gasteiger charge is -2.34. The van der Waals surface area contributed by atoms with Gasteiger partial charge in [-0.1, -0.05) is 23.7 Å². The summed E-state index contributed by atoms with van der Waals surface area (Å²) >= 11 is 5.98. The Bertz CT molecular complexity index is 1050. The average Bonchev–Trinajstić information content (AvgIpc) is 3.16. The van der Waals surface area contributed by atoms with Crippen molar-refractivity contribution in [3.05, 3.63) is 65.1 Å². The second-order valence-electron chi connectivity index (χ2n) is 6.52. The summed E-state index contributed by atoms with van der Waals surface area (Å²) in [5.74, 6) is 0.311. The fourth-order valence-electron chi connectivity index (χ4n) is 3.33. The highest BCUT2D eigenvalue weighted by atomic mass is 35.5. The number of piperazine rings is 1. The summed E-state index contributed by atoms with van der Waals surface area (Å²) in [7, 11) is 1.55. The lowest BCUT2D eigenvalue weighted by molar-refractivity contribution is 0.0531. The molecule has 0 bridgehead atoms. The van der Waals surface area contributed by atoms with Crippen molar-refractivity contribution in [3.63, 3.8) is 0 Å². The summed E-state index contributed by atoms with van der Waals surface area (Å²) in [5, 5.41) is 0.576. The number of benzene rings is 1. The van der Waals surface area contributed by atoms with Gasteiger partial charge in [0.1, 0.15) is 17.1 Å². The van der Waals surface area contributed by atoms with Crippen molar-refractivity contribution in [2.75, 3.05) is 33.3 Å². The van der Waals surface area contributed by atoms with E-state index >= 15 is 0 Å². The minimum atomic E-state index is -0.149. The summed E-state index contributed by atoms with van der Waals surface area (Å²) in [4.78, 5) is 33.4. The molecule has 4 rings (SSSR count). The number of para-hydroxylation sites is 1. The summed E-state index contributed by atoms with van der Waals surface area (Å²) in [6.07, 6.45) is 3.39. The van der Waals surface area contributed by atoms with Gasteiger partial charge in [0.2, 0.25) is 0 Å². The molecule has 1 aromatic carbocycles. The van der Waals surface area contributed by atoms with Crippen LogP contribution in [0.15, 0.2) is 48.8 Å². The molecule has 1 aliphatic rings. The molecule has 0 spiro atoms. The summed E-state index contributed by atoms with van der Waals surface area (Å²) < 4.78 is 7.01. The minimum Gasteiger partial charge on any atom is -0.496 e. The highest BCUT2D eigenvalue weighted by Crippen LogP contribution is 2.20. The smallest absolute Gasteiger partial charge is 0.274 e. The van der Waals surface area contributed by atoms with Crippen LogP contribution in [0.2, 0.25) is 5.02 Å². The van der Waals surface area contributed by atoms with Crippen molar-refractivity contribution >= 4 is 41.5 Å². The number of aromatic nitrogens is 2. The fourth-order valence-corrected chi connectivity index (χ4v) is 3.50. The van der Waals surface area contributed by atoms with Crippen LogP contribution in [0.25, 0.3) is 5.65 Å². The molecule has 7 nitrogen and oxygen atoms in total. The van der Waals surface area contributed by atoms with E-state index in [0.717, 1.165) is 0 Å². The SMILES string of the molecule is COc1ccccc1C(=O)N1CCN(C(=O)c2cn3cc(Cl)ccc3n2)CC1.Cl. The molecule has 29 heavy (non-hydrogen) atoms.